The summed E-state index contributed by atoms with van der Waals surface area (Å²) in [6.45, 7) is 7.19. The van der Waals surface area contributed by atoms with Crippen LogP contribution >= 0.6 is 0 Å². The molecule has 3 atom stereocenters. The standard InChI is InChI=1S/C16H25N3O2/c1-5-11(2)18-14(20)12(3)19-15(21)16(4,17)13-9-7-6-8-10-13/h6-12H,5,17H2,1-4H3,(H,18,20)(H,19,21). The van der Waals surface area contributed by atoms with E-state index in [2.05, 4.69) is 10.6 Å². The van der Waals surface area contributed by atoms with Crippen LogP contribution in [0.1, 0.15) is 39.7 Å². The second-order valence-corrected chi connectivity index (χ2v) is 5.58. The Morgan fingerprint density at radius 1 is 1.19 bits per heavy atom. The lowest BCUT2D eigenvalue weighted by atomic mass is 9.92. The zero-order valence-corrected chi connectivity index (χ0v) is 13.1. The molecule has 0 aliphatic heterocycles. The van der Waals surface area contributed by atoms with Gasteiger partial charge in [-0.1, -0.05) is 37.3 Å². The van der Waals surface area contributed by atoms with E-state index in [0.717, 1.165) is 6.42 Å². The molecule has 1 aromatic rings. The van der Waals surface area contributed by atoms with Crippen LogP contribution in [-0.2, 0) is 15.1 Å². The first-order chi connectivity index (χ1) is 9.78. The van der Waals surface area contributed by atoms with Crippen molar-refractivity contribution in [2.45, 2.75) is 51.7 Å². The molecule has 0 aliphatic rings. The molecule has 0 bridgehead atoms. The van der Waals surface area contributed by atoms with Gasteiger partial charge in [0.1, 0.15) is 11.6 Å². The van der Waals surface area contributed by atoms with E-state index in [1.54, 1.807) is 26.0 Å². The molecule has 0 spiro atoms. The van der Waals surface area contributed by atoms with Crippen LogP contribution in [0.15, 0.2) is 30.3 Å². The van der Waals surface area contributed by atoms with Crippen LogP contribution in [0.2, 0.25) is 0 Å². The molecule has 0 aliphatic carbocycles. The molecule has 0 saturated heterocycles. The summed E-state index contributed by atoms with van der Waals surface area (Å²) >= 11 is 0. The maximum Gasteiger partial charge on any atom is 0.245 e. The Bertz CT molecular complexity index is 486. The van der Waals surface area contributed by atoms with Gasteiger partial charge in [0.15, 0.2) is 0 Å². The normalized spacial score (nSPS) is 16.4. The predicted octanol–water partition coefficient (Wildman–Crippen LogP) is 1.28. The van der Waals surface area contributed by atoms with Gasteiger partial charge < -0.3 is 16.4 Å². The fourth-order valence-corrected chi connectivity index (χ4v) is 1.80. The number of hydrogen-bond donors (Lipinski definition) is 3. The van der Waals surface area contributed by atoms with Crippen molar-refractivity contribution in [3.63, 3.8) is 0 Å². The number of nitrogens with one attached hydrogen (secondary N) is 2. The third-order valence-corrected chi connectivity index (χ3v) is 3.59. The first kappa shape index (κ1) is 17.2. The van der Waals surface area contributed by atoms with Gasteiger partial charge in [-0.15, -0.1) is 0 Å². The maximum atomic E-state index is 12.3. The zero-order chi connectivity index (χ0) is 16.0. The Balaban J connectivity index is 2.70. The number of benzene rings is 1. The van der Waals surface area contributed by atoms with Crippen LogP contribution in [0.4, 0.5) is 0 Å². The molecule has 0 fully saturated rings. The summed E-state index contributed by atoms with van der Waals surface area (Å²) < 4.78 is 0. The second kappa shape index (κ2) is 7.22. The van der Waals surface area contributed by atoms with Crippen molar-refractivity contribution in [2.24, 2.45) is 5.73 Å². The summed E-state index contributed by atoms with van der Waals surface area (Å²) in [4.78, 5) is 24.3. The average molecular weight is 291 g/mol. The highest BCUT2D eigenvalue weighted by Crippen LogP contribution is 2.17. The van der Waals surface area contributed by atoms with E-state index in [4.69, 9.17) is 5.73 Å². The minimum Gasteiger partial charge on any atom is -0.352 e. The van der Waals surface area contributed by atoms with Crippen LogP contribution in [0.25, 0.3) is 0 Å². The van der Waals surface area contributed by atoms with Gasteiger partial charge in [-0.3, -0.25) is 9.59 Å². The largest absolute Gasteiger partial charge is 0.352 e. The summed E-state index contributed by atoms with van der Waals surface area (Å²) in [6, 6.07) is 8.56. The Hall–Kier alpha value is -1.88. The molecule has 4 N–H and O–H groups in total. The van der Waals surface area contributed by atoms with Gasteiger partial charge in [0.2, 0.25) is 11.8 Å². The maximum absolute atomic E-state index is 12.3. The third kappa shape index (κ3) is 4.56. The van der Waals surface area contributed by atoms with Gasteiger partial charge in [0.05, 0.1) is 0 Å². The highest BCUT2D eigenvalue weighted by Gasteiger charge is 2.32. The van der Waals surface area contributed by atoms with E-state index < -0.39 is 11.6 Å². The lowest BCUT2D eigenvalue weighted by molar-refractivity contribution is -0.131. The quantitative estimate of drug-likeness (QED) is 0.738. The van der Waals surface area contributed by atoms with Crippen molar-refractivity contribution in [1.29, 1.82) is 0 Å². The van der Waals surface area contributed by atoms with Crippen LogP contribution in [-0.4, -0.2) is 23.9 Å². The number of rotatable bonds is 6. The van der Waals surface area contributed by atoms with Crippen molar-refractivity contribution < 1.29 is 9.59 Å². The molecule has 0 aromatic heterocycles. The molecule has 0 heterocycles. The SMILES string of the molecule is CCC(C)NC(=O)C(C)NC(=O)C(C)(N)c1ccccc1. The van der Waals surface area contributed by atoms with Crippen molar-refractivity contribution in [2.75, 3.05) is 0 Å². The summed E-state index contributed by atoms with van der Waals surface area (Å²) in [5, 5.41) is 5.50. The Kier molecular flexibility index (Phi) is 5.90. The molecular weight excluding hydrogens is 266 g/mol. The van der Waals surface area contributed by atoms with E-state index in [-0.39, 0.29) is 17.9 Å². The fraction of sp³-hybridized carbons (Fsp3) is 0.500. The number of carbonyl (C=O) groups is 2. The minimum absolute atomic E-state index is 0.0789. The topological polar surface area (TPSA) is 84.2 Å². The summed E-state index contributed by atoms with van der Waals surface area (Å²) in [7, 11) is 0. The van der Waals surface area contributed by atoms with Gasteiger partial charge in [0.25, 0.3) is 0 Å². The highest BCUT2D eigenvalue weighted by atomic mass is 16.2. The van der Waals surface area contributed by atoms with E-state index in [1.165, 1.54) is 0 Å². The molecular formula is C16H25N3O2. The van der Waals surface area contributed by atoms with Gasteiger partial charge in [-0.2, -0.15) is 0 Å². The molecule has 0 saturated carbocycles. The van der Waals surface area contributed by atoms with Crippen LogP contribution < -0.4 is 16.4 Å². The highest BCUT2D eigenvalue weighted by molar-refractivity contribution is 5.92. The monoisotopic (exact) mass is 291 g/mol. The number of amides is 2. The van der Waals surface area contributed by atoms with Crippen molar-refractivity contribution in [1.82, 2.24) is 10.6 Å². The van der Waals surface area contributed by atoms with Crippen molar-refractivity contribution in [3.05, 3.63) is 35.9 Å². The average Bonchev–Trinajstić information content (AvgIpc) is 2.47. The van der Waals surface area contributed by atoms with Gasteiger partial charge in [-0.25, -0.2) is 0 Å². The number of carbonyl (C=O) groups excluding carboxylic acids is 2. The summed E-state index contributed by atoms with van der Waals surface area (Å²) in [5.74, 6) is -0.581. The second-order valence-electron chi connectivity index (χ2n) is 5.58. The Labute approximate surface area is 126 Å². The first-order valence-electron chi connectivity index (χ1n) is 7.24. The summed E-state index contributed by atoms with van der Waals surface area (Å²) in [6.07, 6.45) is 0.838. The van der Waals surface area contributed by atoms with Gasteiger partial charge in [0, 0.05) is 6.04 Å². The Morgan fingerprint density at radius 3 is 2.29 bits per heavy atom. The van der Waals surface area contributed by atoms with Crippen molar-refractivity contribution in [3.8, 4) is 0 Å². The van der Waals surface area contributed by atoms with Gasteiger partial charge >= 0.3 is 0 Å². The van der Waals surface area contributed by atoms with E-state index in [0.29, 0.717) is 5.56 Å². The minimum atomic E-state index is -1.17. The first-order valence-corrected chi connectivity index (χ1v) is 7.24. The molecule has 116 valence electrons. The predicted molar refractivity (Wildman–Crippen MR) is 83.5 cm³/mol. The molecule has 3 unspecified atom stereocenters. The molecule has 5 heteroatoms. The van der Waals surface area contributed by atoms with E-state index >= 15 is 0 Å². The third-order valence-electron chi connectivity index (χ3n) is 3.59. The van der Waals surface area contributed by atoms with Crippen LogP contribution in [0.3, 0.4) is 0 Å². The van der Waals surface area contributed by atoms with Crippen LogP contribution in [0.5, 0.6) is 0 Å². The summed E-state index contributed by atoms with van der Waals surface area (Å²) in [5.41, 5.74) is 5.64. The molecule has 5 nitrogen and oxygen atoms in total. The van der Waals surface area contributed by atoms with E-state index in [9.17, 15) is 9.59 Å². The fourth-order valence-electron chi connectivity index (χ4n) is 1.80. The smallest absolute Gasteiger partial charge is 0.245 e. The molecule has 21 heavy (non-hydrogen) atoms. The van der Waals surface area contributed by atoms with Crippen LogP contribution in [0, 0.1) is 0 Å². The molecule has 0 radical (unpaired) electrons. The zero-order valence-electron chi connectivity index (χ0n) is 13.1. The molecule has 1 aromatic carbocycles. The lowest BCUT2D eigenvalue weighted by Crippen LogP contribution is -2.55. The number of hydrogen-bond acceptors (Lipinski definition) is 3. The van der Waals surface area contributed by atoms with Crippen molar-refractivity contribution >= 4 is 11.8 Å². The van der Waals surface area contributed by atoms with Gasteiger partial charge in [-0.05, 0) is 32.8 Å². The Morgan fingerprint density at radius 2 is 1.76 bits per heavy atom. The molecule has 2 amide bonds. The lowest BCUT2D eigenvalue weighted by Gasteiger charge is -2.26. The number of nitrogens with two attached hydrogens (primary N) is 1. The molecule has 1 rings (SSSR count). The van der Waals surface area contributed by atoms with E-state index in [1.807, 2.05) is 32.0 Å².